The van der Waals surface area contributed by atoms with Gasteiger partial charge in [0.15, 0.2) is 0 Å². The molecule has 0 atom stereocenters. The normalized spacial score (nSPS) is 18.9. The van der Waals surface area contributed by atoms with Crippen molar-refractivity contribution in [1.82, 2.24) is 0 Å². The molecule has 0 bridgehead atoms. The van der Waals surface area contributed by atoms with Gasteiger partial charge in [0.05, 0.1) is 0 Å². The highest BCUT2D eigenvalue weighted by atomic mass is 14.2. The second kappa shape index (κ2) is 10.9. The third-order valence-corrected chi connectivity index (χ3v) is 5.33. The van der Waals surface area contributed by atoms with Crippen LogP contribution in [0.15, 0.2) is 48.5 Å². The van der Waals surface area contributed by atoms with Gasteiger partial charge in [-0.25, -0.2) is 0 Å². The monoisotopic (exact) mass is 346 g/mol. The van der Waals surface area contributed by atoms with E-state index in [4.69, 9.17) is 0 Å². The molecule has 2 aromatic rings. The van der Waals surface area contributed by atoms with Crippen molar-refractivity contribution in [1.29, 1.82) is 0 Å². The van der Waals surface area contributed by atoms with Crippen molar-refractivity contribution in [2.24, 2.45) is 11.8 Å². The third-order valence-electron chi connectivity index (χ3n) is 5.33. The van der Waals surface area contributed by atoms with Gasteiger partial charge in [0, 0.05) is 11.1 Å². The zero-order chi connectivity index (χ0) is 18.8. The van der Waals surface area contributed by atoms with Crippen LogP contribution < -0.4 is 0 Å². The zero-order valence-corrected chi connectivity index (χ0v) is 17.0. The molecule has 3 rings (SSSR count). The van der Waals surface area contributed by atoms with Gasteiger partial charge in [-0.2, -0.15) is 0 Å². The lowest BCUT2D eigenvalue weighted by Gasteiger charge is -2.26. The summed E-state index contributed by atoms with van der Waals surface area (Å²) in [5, 5.41) is 0. The topological polar surface area (TPSA) is 0 Å². The number of hydrogen-bond donors (Lipinski definition) is 0. The molecule has 138 valence electrons. The first kappa shape index (κ1) is 20.3. The molecule has 26 heavy (non-hydrogen) atoms. The van der Waals surface area contributed by atoms with Gasteiger partial charge in [0.2, 0.25) is 0 Å². The van der Waals surface area contributed by atoms with Crippen LogP contribution in [0, 0.1) is 30.6 Å². The van der Waals surface area contributed by atoms with E-state index in [-0.39, 0.29) is 0 Å². The minimum Gasteiger partial charge on any atom is -0.0683 e. The molecule has 0 unspecified atom stereocenters. The van der Waals surface area contributed by atoms with Crippen molar-refractivity contribution < 1.29 is 0 Å². The largest absolute Gasteiger partial charge is 0.0683 e. The van der Waals surface area contributed by atoms with Crippen LogP contribution in [0.4, 0.5) is 0 Å². The molecule has 0 spiro atoms. The average molecular weight is 347 g/mol. The second-order valence-electron chi connectivity index (χ2n) is 7.48. The lowest BCUT2D eigenvalue weighted by atomic mass is 9.80. The molecular formula is C26H34. The second-order valence-corrected chi connectivity index (χ2v) is 7.48. The molecule has 0 saturated heterocycles. The quantitative estimate of drug-likeness (QED) is 0.516. The molecule has 1 aliphatic rings. The highest BCUT2D eigenvalue weighted by Gasteiger charge is 2.17. The lowest BCUT2D eigenvalue weighted by molar-refractivity contribution is 0.278. The molecule has 0 radical (unpaired) electrons. The zero-order valence-electron chi connectivity index (χ0n) is 17.0. The van der Waals surface area contributed by atoms with E-state index in [0.29, 0.717) is 0 Å². The van der Waals surface area contributed by atoms with E-state index in [0.717, 1.165) is 23.0 Å². The van der Waals surface area contributed by atoms with Crippen molar-refractivity contribution in [2.45, 2.75) is 66.2 Å². The Morgan fingerprint density at radius 1 is 0.769 bits per heavy atom. The van der Waals surface area contributed by atoms with E-state index in [1.54, 1.807) is 0 Å². The SMILES string of the molecule is CC.Cc1ccc(C#Cc2ccc(CCC3CCC(C)CC3)cc2)cc1. The maximum absolute atomic E-state index is 3.27. The average Bonchev–Trinajstić information content (AvgIpc) is 2.69. The van der Waals surface area contributed by atoms with E-state index < -0.39 is 0 Å². The van der Waals surface area contributed by atoms with Crippen LogP contribution in [0.25, 0.3) is 0 Å². The fourth-order valence-electron chi connectivity index (χ4n) is 3.52. The van der Waals surface area contributed by atoms with Gasteiger partial charge >= 0.3 is 0 Å². The number of rotatable bonds is 3. The Morgan fingerprint density at radius 3 is 1.81 bits per heavy atom. The van der Waals surface area contributed by atoms with Gasteiger partial charge in [0.1, 0.15) is 0 Å². The smallest absolute Gasteiger partial charge is 0.0249 e. The van der Waals surface area contributed by atoms with Crippen molar-refractivity contribution in [3.8, 4) is 11.8 Å². The van der Waals surface area contributed by atoms with Crippen LogP contribution in [0.3, 0.4) is 0 Å². The molecule has 0 heteroatoms. The van der Waals surface area contributed by atoms with Gasteiger partial charge in [-0.05, 0) is 61.4 Å². The van der Waals surface area contributed by atoms with E-state index in [1.807, 2.05) is 13.8 Å². The Kier molecular flexibility index (Phi) is 8.49. The van der Waals surface area contributed by atoms with Crippen molar-refractivity contribution in [3.63, 3.8) is 0 Å². The Labute approximate surface area is 161 Å². The Balaban J connectivity index is 0.00000117. The first-order chi connectivity index (χ1) is 12.7. The van der Waals surface area contributed by atoms with Gasteiger partial charge in [0.25, 0.3) is 0 Å². The summed E-state index contributed by atoms with van der Waals surface area (Å²) >= 11 is 0. The van der Waals surface area contributed by atoms with Gasteiger partial charge < -0.3 is 0 Å². The van der Waals surface area contributed by atoms with Crippen LogP contribution in [0.1, 0.15) is 75.1 Å². The van der Waals surface area contributed by atoms with Gasteiger partial charge in [-0.1, -0.05) is 88.1 Å². The molecule has 0 heterocycles. The van der Waals surface area contributed by atoms with Crippen LogP contribution in [0.5, 0.6) is 0 Å². The third kappa shape index (κ3) is 6.72. The summed E-state index contributed by atoms with van der Waals surface area (Å²) in [5.74, 6) is 8.41. The summed E-state index contributed by atoms with van der Waals surface area (Å²) in [6, 6.07) is 17.2. The van der Waals surface area contributed by atoms with Crippen molar-refractivity contribution in [2.75, 3.05) is 0 Å². The molecular weight excluding hydrogens is 312 g/mol. The summed E-state index contributed by atoms with van der Waals surface area (Å²) in [6.45, 7) is 8.50. The van der Waals surface area contributed by atoms with Crippen LogP contribution in [0.2, 0.25) is 0 Å². The fourth-order valence-corrected chi connectivity index (χ4v) is 3.52. The van der Waals surface area contributed by atoms with E-state index in [1.165, 1.54) is 49.7 Å². The van der Waals surface area contributed by atoms with Gasteiger partial charge in [-0.15, -0.1) is 0 Å². The van der Waals surface area contributed by atoms with E-state index >= 15 is 0 Å². The molecule has 1 fully saturated rings. The Morgan fingerprint density at radius 2 is 1.27 bits per heavy atom. The van der Waals surface area contributed by atoms with E-state index in [9.17, 15) is 0 Å². The van der Waals surface area contributed by atoms with Crippen LogP contribution in [-0.2, 0) is 6.42 Å². The summed E-state index contributed by atoms with van der Waals surface area (Å²) in [5.41, 5.74) is 4.91. The molecule has 0 aromatic heterocycles. The van der Waals surface area contributed by atoms with Crippen molar-refractivity contribution >= 4 is 0 Å². The number of benzene rings is 2. The molecule has 0 N–H and O–H groups in total. The predicted octanol–water partition coefficient (Wildman–Crippen LogP) is 7.18. The van der Waals surface area contributed by atoms with Gasteiger partial charge in [-0.3, -0.25) is 0 Å². The van der Waals surface area contributed by atoms with E-state index in [2.05, 4.69) is 74.2 Å². The molecule has 0 aliphatic heterocycles. The molecule has 1 saturated carbocycles. The van der Waals surface area contributed by atoms with Crippen LogP contribution in [-0.4, -0.2) is 0 Å². The fraction of sp³-hybridized carbons (Fsp3) is 0.462. The highest BCUT2D eigenvalue weighted by Crippen LogP contribution is 2.31. The Hall–Kier alpha value is -2.00. The number of aryl methyl sites for hydroxylation is 2. The summed E-state index contributed by atoms with van der Waals surface area (Å²) in [6.07, 6.45) is 8.28. The molecule has 1 aliphatic carbocycles. The summed E-state index contributed by atoms with van der Waals surface area (Å²) in [7, 11) is 0. The van der Waals surface area contributed by atoms with Crippen molar-refractivity contribution in [3.05, 3.63) is 70.8 Å². The first-order valence-electron chi connectivity index (χ1n) is 10.4. The number of hydrogen-bond acceptors (Lipinski definition) is 0. The summed E-state index contributed by atoms with van der Waals surface area (Å²) in [4.78, 5) is 0. The molecule has 2 aromatic carbocycles. The Bertz CT molecular complexity index is 686. The van der Waals surface area contributed by atoms with Crippen LogP contribution >= 0.6 is 0 Å². The maximum atomic E-state index is 3.27. The molecule has 0 amide bonds. The minimum absolute atomic E-state index is 0.946. The first-order valence-corrected chi connectivity index (χ1v) is 10.4. The lowest BCUT2D eigenvalue weighted by Crippen LogP contribution is -2.12. The highest BCUT2D eigenvalue weighted by molar-refractivity contribution is 5.43. The maximum Gasteiger partial charge on any atom is 0.0249 e. The molecule has 0 nitrogen and oxygen atoms in total. The minimum atomic E-state index is 0.946. The summed E-state index contributed by atoms with van der Waals surface area (Å²) < 4.78 is 0. The standard InChI is InChI=1S/C24H28.C2H6/c1-19-3-7-21(8-4-19)11-13-23-15-17-24(18-16-23)14-12-22-9-5-20(2)6-10-22;1-2/h3-4,7-8,15-18,20,22H,5-6,9-10,12,14H2,1-2H3;1-2H3. The predicted molar refractivity (Wildman–Crippen MR) is 114 cm³/mol.